The average Bonchev–Trinajstić information content (AvgIpc) is 2.78. The quantitative estimate of drug-likeness (QED) is 0.549. The van der Waals surface area contributed by atoms with E-state index >= 15 is 0 Å². The Morgan fingerprint density at radius 3 is 1.23 bits per heavy atom. The summed E-state index contributed by atoms with van der Waals surface area (Å²) in [4.78, 5) is 0. The van der Waals surface area contributed by atoms with Gasteiger partial charge in [-0.05, 0) is 29.3 Å². The molecule has 2 aliphatic carbocycles. The number of benzene rings is 2. The molecule has 0 spiro atoms. The van der Waals surface area contributed by atoms with Gasteiger partial charge in [0.25, 0.3) is 0 Å². The summed E-state index contributed by atoms with van der Waals surface area (Å²) in [6, 6.07) is 17.5. The number of aromatic hydroxyl groups is 1. The van der Waals surface area contributed by atoms with Gasteiger partial charge < -0.3 is 5.11 Å². The second-order valence-corrected chi connectivity index (χ2v) is 2.92. The van der Waals surface area contributed by atoms with Gasteiger partial charge in [0.05, 0.1) is 0 Å². The lowest BCUT2D eigenvalue weighted by molar-refractivity contribution is 0.477. The Bertz CT molecular complexity index is 346. The minimum atomic E-state index is 0.396. The summed E-state index contributed by atoms with van der Waals surface area (Å²) in [6.07, 6.45) is 0. The molecule has 0 saturated carbocycles. The van der Waals surface area contributed by atoms with Gasteiger partial charge in [-0.25, -0.2) is 0 Å². The lowest BCUT2D eigenvalue weighted by Crippen LogP contribution is -1.47. The molecule has 1 heteroatoms. The van der Waals surface area contributed by atoms with E-state index in [9.17, 15) is 0 Å². The van der Waals surface area contributed by atoms with Gasteiger partial charge in [0, 0.05) is 0 Å². The van der Waals surface area contributed by atoms with Gasteiger partial charge in [-0.3, -0.25) is 0 Å². The smallest absolute Gasteiger partial charge is 0.116 e. The largest absolute Gasteiger partial charge is 0.508 e. The summed E-state index contributed by atoms with van der Waals surface area (Å²) in [5.74, 6) is 0.396. The van der Waals surface area contributed by atoms with Gasteiger partial charge in [0.15, 0.2) is 0 Å². The maximum atomic E-state index is 8.67. The Hall–Kier alpha value is -1.76. The third-order valence-electron chi connectivity index (χ3n) is 1.83. The van der Waals surface area contributed by atoms with Crippen LogP contribution in [0, 0.1) is 0 Å². The van der Waals surface area contributed by atoms with Crippen LogP contribution in [0.15, 0.2) is 54.6 Å². The molecule has 0 aromatic heterocycles. The topological polar surface area (TPSA) is 20.2 Å². The number of phenolic OH excluding ortho intramolecular Hbond substituents is 1. The maximum Gasteiger partial charge on any atom is 0.116 e. The zero-order valence-electron chi connectivity index (χ0n) is 7.14. The summed E-state index contributed by atoms with van der Waals surface area (Å²) >= 11 is 0. The lowest BCUT2D eigenvalue weighted by atomic mass is 10.4. The Balaban J connectivity index is 0.000000102. The van der Waals surface area contributed by atoms with Crippen molar-refractivity contribution in [1.29, 1.82) is 0 Å². The molecule has 1 nitrogen and oxygen atoms in total. The normalized spacial score (nSPS) is 9.85. The molecule has 0 fully saturated rings. The molecule has 0 saturated heterocycles. The summed E-state index contributed by atoms with van der Waals surface area (Å²) in [5, 5.41) is 8.67. The highest BCUT2D eigenvalue weighted by atomic mass is 16.3. The molecule has 1 aromatic carbocycles. The van der Waals surface area contributed by atoms with E-state index in [1.807, 2.05) is 42.5 Å². The van der Waals surface area contributed by atoms with Crippen LogP contribution >= 0.6 is 0 Å². The van der Waals surface area contributed by atoms with Gasteiger partial charge in [-0.15, -0.1) is 0 Å². The van der Waals surface area contributed by atoms with E-state index in [1.54, 1.807) is 12.1 Å². The summed E-state index contributed by atoms with van der Waals surface area (Å²) in [5.41, 5.74) is 2.38. The highest BCUT2D eigenvalue weighted by molar-refractivity contribution is 5.83. The predicted molar refractivity (Wildman–Crippen MR) is 53.5 cm³/mol. The molecule has 0 bridgehead atoms. The standard InChI is InChI=1S/C6H4O.C6H6/c7-6-2-4-1-5(4)3-6;1-2-4-6-5-3-1/h1-3,7H;1-6H. The van der Waals surface area contributed by atoms with Crippen LogP contribution in [0.4, 0.5) is 0 Å². The predicted octanol–water partition coefficient (Wildman–Crippen LogP) is 3.06. The van der Waals surface area contributed by atoms with Crippen LogP contribution in [0.5, 0.6) is 5.75 Å². The first-order valence-corrected chi connectivity index (χ1v) is 4.21. The SMILES string of the molecule is Oc1cc2cc-2c1.c1ccccc1. The molecule has 0 aliphatic heterocycles. The van der Waals surface area contributed by atoms with Gasteiger partial charge in [-0.2, -0.15) is 0 Å². The van der Waals surface area contributed by atoms with E-state index < -0.39 is 0 Å². The fourth-order valence-corrected chi connectivity index (χ4v) is 1.13. The summed E-state index contributed by atoms with van der Waals surface area (Å²) in [6.45, 7) is 0. The van der Waals surface area contributed by atoms with E-state index in [0.717, 1.165) is 0 Å². The van der Waals surface area contributed by atoms with E-state index in [4.69, 9.17) is 5.11 Å². The molecule has 0 heterocycles. The molecular weight excluding hydrogens is 160 g/mol. The Morgan fingerprint density at radius 2 is 1.00 bits per heavy atom. The van der Waals surface area contributed by atoms with Gasteiger partial charge in [0.2, 0.25) is 0 Å². The molecule has 0 amide bonds. The van der Waals surface area contributed by atoms with E-state index in [0.29, 0.717) is 5.75 Å². The molecule has 2 aliphatic rings. The van der Waals surface area contributed by atoms with Gasteiger partial charge in [-0.1, -0.05) is 36.4 Å². The van der Waals surface area contributed by atoms with Crippen LogP contribution in [-0.2, 0) is 0 Å². The van der Waals surface area contributed by atoms with Crippen molar-refractivity contribution < 1.29 is 5.11 Å². The van der Waals surface area contributed by atoms with Crippen LogP contribution in [-0.4, -0.2) is 5.11 Å². The molecule has 1 aromatic rings. The molecular formula is C12H10O. The Morgan fingerprint density at radius 1 is 0.615 bits per heavy atom. The number of fused-ring (bicyclic) bond motifs is 1. The first kappa shape index (κ1) is 7.87. The van der Waals surface area contributed by atoms with Gasteiger partial charge >= 0.3 is 0 Å². The average molecular weight is 170 g/mol. The number of phenols is 1. The van der Waals surface area contributed by atoms with Crippen molar-refractivity contribution in [3.05, 3.63) is 54.6 Å². The molecule has 13 heavy (non-hydrogen) atoms. The molecule has 0 radical (unpaired) electrons. The minimum absolute atomic E-state index is 0.396. The van der Waals surface area contributed by atoms with E-state index in [-0.39, 0.29) is 0 Å². The van der Waals surface area contributed by atoms with Crippen LogP contribution in [0.1, 0.15) is 0 Å². The number of hydrogen-bond donors (Lipinski definition) is 1. The van der Waals surface area contributed by atoms with Gasteiger partial charge in [0.1, 0.15) is 5.75 Å². The minimum Gasteiger partial charge on any atom is -0.508 e. The van der Waals surface area contributed by atoms with Crippen molar-refractivity contribution in [2.24, 2.45) is 0 Å². The first-order valence-electron chi connectivity index (χ1n) is 4.21. The third-order valence-corrected chi connectivity index (χ3v) is 1.83. The fraction of sp³-hybridized carbons (Fsp3) is 0. The number of rotatable bonds is 0. The zero-order chi connectivity index (χ0) is 9.10. The molecule has 0 atom stereocenters. The van der Waals surface area contributed by atoms with Crippen LogP contribution in [0.25, 0.3) is 11.1 Å². The van der Waals surface area contributed by atoms with Crippen molar-refractivity contribution in [3.63, 3.8) is 0 Å². The van der Waals surface area contributed by atoms with Crippen molar-refractivity contribution in [2.75, 3.05) is 0 Å². The first-order chi connectivity index (χ1) is 6.36. The Labute approximate surface area is 77.3 Å². The highest BCUT2D eigenvalue weighted by Crippen LogP contribution is 2.38. The van der Waals surface area contributed by atoms with Crippen molar-refractivity contribution in [3.8, 4) is 16.9 Å². The molecule has 0 unspecified atom stereocenters. The van der Waals surface area contributed by atoms with E-state index in [1.165, 1.54) is 11.1 Å². The highest BCUT2D eigenvalue weighted by Gasteiger charge is 2.12. The monoisotopic (exact) mass is 170 g/mol. The third kappa shape index (κ3) is 2.09. The second-order valence-electron chi connectivity index (χ2n) is 2.92. The second kappa shape index (κ2) is 3.31. The molecule has 64 valence electrons. The summed E-state index contributed by atoms with van der Waals surface area (Å²) in [7, 11) is 0. The van der Waals surface area contributed by atoms with Crippen LogP contribution < -0.4 is 0 Å². The van der Waals surface area contributed by atoms with Crippen molar-refractivity contribution in [1.82, 2.24) is 0 Å². The van der Waals surface area contributed by atoms with Crippen LogP contribution in [0.3, 0.4) is 0 Å². The maximum absolute atomic E-state index is 8.67. The fourth-order valence-electron chi connectivity index (χ4n) is 1.13. The molecule has 3 rings (SSSR count). The number of hydrogen-bond acceptors (Lipinski definition) is 1. The lowest BCUT2D eigenvalue weighted by Gasteiger charge is -1.71. The van der Waals surface area contributed by atoms with E-state index in [2.05, 4.69) is 0 Å². The van der Waals surface area contributed by atoms with Crippen molar-refractivity contribution in [2.45, 2.75) is 0 Å². The Kier molecular flexibility index (Phi) is 2.01. The zero-order valence-corrected chi connectivity index (χ0v) is 7.14. The molecule has 1 N–H and O–H groups in total. The van der Waals surface area contributed by atoms with Crippen LogP contribution in [0.2, 0.25) is 0 Å². The summed E-state index contributed by atoms with van der Waals surface area (Å²) < 4.78 is 0. The van der Waals surface area contributed by atoms with Crippen molar-refractivity contribution >= 4 is 0 Å².